The fraction of sp³-hybridized carbons (Fsp3) is 0.409. The number of carbonyl (C=O) groups is 1. The molecule has 0 aromatic heterocycles. The van der Waals surface area contributed by atoms with E-state index >= 15 is 0 Å². The molecule has 0 unspecified atom stereocenters. The highest BCUT2D eigenvalue weighted by atomic mass is 32.2. The number of nitrogens with one attached hydrogen (secondary N) is 2. The first-order valence-corrected chi connectivity index (χ1v) is 11.7. The molecular weight excluding hydrogens is 418 g/mol. The first kappa shape index (κ1) is 23.1. The van der Waals surface area contributed by atoms with Crippen LogP contribution in [-0.2, 0) is 10.0 Å². The minimum Gasteiger partial charge on any atom is -0.488 e. The summed E-state index contributed by atoms with van der Waals surface area (Å²) in [5.41, 5.74) is 0.511. The molecule has 8 nitrogen and oxygen atoms in total. The summed E-state index contributed by atoms with van der Waals surface area (Å²) in [6.07, 6.45) is -0.197. The van der Waals surface area contributed by atoms with Crippen LogP contribution < -0.4 is 14.8 Å². The highest BCUT2D eigenvalue weighted by molar-refractivity contribution is 7.92. The van der Waals surface area contributed by atoms with Crippen LogP contribution in [0.3, 0.4) is 0 Å². The maximum absolute atomic E-state index is 13.3. The lowest BCUT2D eigenvalue weighted by Crippen LogP contribution is -2.49. The molecule has 3 rings (SSSR count). The first-order valence-electron chi connectivity index (χ1n) is 10.2. The lowest BCUT2D eigenvalue weighted by molar-refractivity contribution is 0.0416. The van der Waals surface area contributed by atoms with Crippen LogP contribution in [0.1, 0.15) is 24.2 Å². The molecule has 168 valence electrons. The highest BCUT2D eigenvalue weighted by Gasteiger charge is 2.33. The van der Waals surface area contributed by atoms with E-state index in [4.69, 9.17) is 4.74 Å². The Morgan fingerprint density at radius 3 is 2.58 bits per heavy atom. The van der Waals surface area contributed by atoms with E-state index in [2.05, 4.69) is 10.0 Å². The van der Waals surface area contributed by atoms with Crippen molar-refractivity contribution in [1.29, 1.82) is 0 Å². The Morgan fingerprint density at radius 1 is 1.23 bits per heavy atom. The third kappa shape index (κ3) is 5.17. The summed E-state index contributed by atoms with van der Waals surface area (Å²) < 4.78 is 34.1. The summed E-state index contributed by atoms with van der Waals surface area (Å²) in [5, 5.41) is 12.8. The zero-order valence-corrected chi connectivity index (χ0v) is 18.7. The number of ether oxygens (including phenoxy) is 1. The monoisotopic (exact) mass is 447 g/mol. The summed E-state index contributed by atoms with van der Waals surface area (Å²) in [4.78, 5) is 15.1. The number of hydrogen-bond acceptors (Lipinski definition) is 6. The van der Waals surface area contributed by atoms with Crippen molar-refractivity contribution >= 4 is 21.6 Å². The van der Waals surface area contributed by atoms with E-state index < -0.39 is 10.0 Å². The predicted molar refractivity (Wildman–Crippen MR) is 119 cm³/mol. The van der Waals surface area contributed by atoms with Crippen LogP contribution >= 0.6 is 0 Å². The van der Waals surface area contributed by atoms with Crippen molar-refractivity contribution in [1.82, 2.24) is 10.2 Å². The predicted octanol–water partition coefficient (Wildman–Crippen LogP) is 1.93. The lowest BCUT2D eigenvalue weighted by Gasteiger charge is -2.37. The number of amides is 1. The van der Waals surface area contributed by atoms with E-state index in [-0.39, 0.29) is 46.7 Å². The molecule has 31 heavy (non-hydrogen) atoms. The Morgan fingerprint density at radius 2 is 1.94 bits per heavy atom. The summed E-state index contributed by atoms with van der Waals surface area (Å²) in [5.74, 6) is 0.0940. The van der Waals surface area contributed by atoms with E-state index in [1.165, 1.54) is 18.2 Å². The Hall–Kier alpha value is -2.62. The molecule has 3 atom stereocenters. The number of likely N-dealkylation sites (N-methyl/N-ethyl adjacent to an activating group) is 1. The number of fused-ring (bicyclic) bond motifs is 1. The van der Waals surface area contributed by atoms with E-state index in [9.17, 15) is 18.3 Å². The largest absolute Gasteiger partial charge is 0.488 e. The Balaban J connectivity index is 2.00. The molecule has 2 aromatic carbocycles. The normalized spacial score (nSPS) is 20.3. The number of rotatable bonds is 7. The topological polar surface area (TPSA) is 108 Å². The van der Waals surface area contributed by atoms with Gasteiger partial charge in [-0.05, 0) is 44.3 Å². The van der Waals surface area contributed by atoms with Crippen molar-refractivity contribution in [2.75, 3.05) is 31.5 Å². The molecular formula is C22H29N3O5S. The molecule has 0 spiro atoms. The van der Waals surface area contributed by atoms with Crippen molar-refractivity contribution < 1.29 is 23.1 Å². The van der Waals surface area contributed by atoms with Crippen molar-refractivity contribution in [3.8, 4) is 5.75 Å². The minimum absolute atomic E-state index is 0.0230. The van der Waals surface area contributed by atoms with Gasteiger partial charge in [-0.2, -0.15) is 0 Å². The molecule has 9 heteroatoms. The van der Waals surface area contributed by atoms with E-state index in [1.807, 2.05) is 14.0 Å². The second kappa shape index (κ2) is 9.67. The zero-order chi connectivity index (χ0) is 22.6. The number of carbonyl (C=O) groups excluding carboxylic acids is 1. The van der Waals surface area contributed by atoms with E-state index in [1.54, 1.807) is 42.2 Å². The van der Waals surface area contributed by atoms with Gasteiger partial charge in [0, 0.05) is 24.7 Å². The molecule has 0 bridgehead atoms. The fourth-order valence-electron chi connectivity index (χ4n) is 3.54. The van der Waals surface area contributed by atoms with Gasteiger partial charge in [-0.15, -0.1) is 0 Å². The van der Waals surface area contributed by atoms with Gasteiger partial charge in [0.25, 0.3) is 15.9 Å². The SMILES string of the molecule is CNC[C@H]1Oc2ccc(NS(=O)(=O)c3ccccc3)cc2C(=O)N([C@H](C)CO)C[C@H]1C. The van der Waals surface area contributed by atoms with Gasteiger partial charge >= 0.3 is 0 Å². The van der Waals surface area contributed by atoms with E-state index in [0.717, 1.165) is 0 Å². The molecule has 0 saturated carbocycles. The van der Waals surface area contributed by atoms with Gasteiger partial charge in [0.1, 0.15) is 11.9 Å². The Bertz CT molecular complexity index is 1010. The average molecular weight is 448 g/mol. The number of sulfonamides is 1. The molecule has 1 heterocycles. The summed E-state index contributed by atoms with van der Waals surface area (Å²) >= 11 is 0. The minimum atomic E-state index is -3.80. The van der Waals surface area contributed by atoms with E-state index in [0.29, 0.717) is 18.8 Å². The van der Waals surface area contributed by atoms with Crippen molar-refractivity contribution in [2.45, 2.75) is 30.9 Å². The van der Waals surface area contributed by atoms with Crippen LogP contribution in [0.2, 0.25) is 0 Å². The molecule has 0 aliphatic carbocycles. The highest BCUT2D eigenvalue weighted by Crippen LogP contribution is 2.31. The molecule has 1 aliphatic heterocycles. The fourth-order valence-corrected chi connectivity index (χ4v) is 4.62. The molecule has 1 aliphatic rings. The molecule has 0 saturated heterocycles. The number of anilines is 1. The number of benzene rings is 2. The van der Waals surface area contributed by atoms with Gasteiger partial charge < -0.3 is 20.1 Å². The van der Waals surface area contributed by atoms with Crippen LogP contribution in [0.25, 0.3) is 0 Å². The standard InChI is InChI=1S/C22H29N3O5S/c1-15-13-25(16(2)14-26)22(27)19-11-17(9-10-20(19)30-21(15)12-23-3)24-31(28,29)18-7-5-4-6-8-18/h4-11,15-16,21,23-24,26H,12-14H2,1-3H3/t15-,16-,21-/m1/s1. The van der Waals surface area contributed by atoms with Gasteiger partial charge in [0.15, 0.2) is 0 Å². The summed E-state index contributed by atoms with van der Waals surface area (Å²) in [6.45, 7) is 4.60. The quantitative estimate of drug-likeness (QED) is 0.599. The third-order valence-corrected chi connectivity index (χ3v) is 6.77. The second-order valence-electron chi connectivity index (χ2n) is 7.81. The lowest BCUT2D eigenvalue weighted by atomic mass is 9.99. The van der Waals surface area contributed by atoms with Gasteiger partial charge in [0.05, 0.1) is 23.1 Å². The first-order chi connectivity index (χ1) is 14.8. The zero-order valence-electron chi connectivity index (χ0n) is 17.9. The molecule has 0 fully saturated rings. The van der Waals surface area contributed by atoms with Crippen LogP contribution in [0, 0.1) is 5.92 Å². The van der Waals surface area contributed by atoms with Crippen LogP contribution in [-0.4, -0.2) is 63.2 Å². The number of aliphatic hydroxyl groups excluding tert-OH is 1. The summed E-state index contributed by atoms with van der Waals surface area (Å²) in [7, 11) is -1.97. The van der Waals surface area contributed by atoms with Gasteiger partial charge in [0.2, 0.25) is 0 Å². The molecule has 0 radical (unpaired) electrons. The Kier molecular flexibility index (Phi) is 7.19. The Labute approximate surface area is 183 Å². The maximum atomic E-state index is 13.3. The average Bonchev–Trinajstić information content (AvgIpc) is 2.76. The van der Waals surface area contributed by atoms with Crippen LogP contribution in [0.5, 0.6) is 5.75 Å². The smallest absolute Gasteiger partial charge is 0.261 e. The van der Waals surface area contributed by atoms with Gasteiger partial charge in [-0.25, -0.2) is 8.42 Å². The van der Waals surface area contributed by atoms with Crippen LogP contribution in [0.15, 0.2) is 53.4 Å². The number of hydrogen-bond donors (Lipinski definition) is 3. The van der Waals surface area contributed by atoms with Gasteiger partial charge in [-0.3, -0.25) is 9.52 Å². The van der Waals surface area contributed by atoms with Crippen molar-refractivity contribution in [3.05, 3.63) is 54.1 Å². The molecule has 2 aromatic rings. The second-order valence-corrected chi connectivity index (χ2v) is 9.49. The molecule has 3 N–H and O–H groups in total. The van der Waals surface area contributed by atoms with Crippen molar-refractivity contribution in [3.63, 3.8) is 0 Å². The maximum Gasteiger partial charge on any atom is 0.261 e. The third-order valence-electron chi connectivity index (χ3n) is 5.38. The number of nitrogens with zero attached hydrogens (tertiary/aromatic N) is 1. The number of aliphatic hydroxyl groups is 1. The molecule has 1 amide bonds. The van der Waals surface area contributed by atoms with Crippen LogP contribution in [0.4, 0.5) is 5.69 Å². The van der Waals surface area contributed by atoms with Gasteiger partial charge in [-0.1, -0.05) is 25.1 Å². The summed E-state index contributed by atoms with van der Waals surface area (Å²) in [6, 6.07) is 12.3. The van der Waals surface area contributed by atoms with Crippen molar-refractivity contribution in [2.24, 2.45) is 5.92 Å².